The Labute approximate surface area is 103 Å². The maximum absolute atomic E-state index is 11.5. The van der Waals surface area contributed by atoms with Crippen LogP contribution in [0.5, 0.6) is 0 Å². The fraction of sp³-hybridized carbons (Fsp3) is 0.692. The molecule has 0 fully saturated rings. The van der Waals surface area contributed by atoms with Crippen molar-refractivity contribution in [3.8, 4) is 0 Å². The first-order valence-corrected chi connectivity index (χ1v) is 5.76. The summed E-state index contributed by atoms with van der Waals surface area (Å²) in [5.74, 6) is -1.01. The zero-order valence-corrected chi connectivity index (χ0v) is 11.3. The molecule has 0 heterocycles. The third-order valence-corrected chi connectivity index (χ3v) is 1.95. The van der Waals surface area contributed by atoms with Crippen LogP contribution in [0, 0.1) is 0 Å². The van der Waals surface area contributed by atoms with Gasteiger partial charge in [-0.15, -0.1) is 0 Å². The van der Waals surface area contributed by atoms with Crippen molar-refractivity contribution in [1.29, 1.82) is 0 Å². The van der Waals surface area contributed by atoms with Crippen molar-refractivity contribution in [3.63, 3.8) is 0 Å². The van der Waals surface area contributed by atoms with E-state index in [2.05, 4.69) is 6.58 Å². The molecular formula is C13H22O4. The van der Waals surface area contributed by atoms with Gasteiger partial charge in [-0.05, 0) is 34.1 Å². The number of ether oxygens (including phenoxy) is 2. The molecule has 0 amide bonds. The molecule has 0 radical (unpaired) electrons. The second kappa shape index (κ2) is 6.42. The molecule has 0 bridgehead atoms. The van der Waals surface area contributed by atoms with Gasteiger partial charge in [-0.2, -0.15) is 0 Å². The van der Waals surface area contributed by atoms with E-state index < -0.39 is 17.5 Å². The van der Waals surface area contributed by atoms with Gasteiger partial charge >= 0.3 is 11.9 Å². The Hall–Kier alpha value is -1.32. The summed E-state index contributed by atoms with van der Waals surface area (Å²) in [5.41, 5.74) is -0.464. The molecule has 1 unspecified atom stereocenters. The van der Waals surface area contributed by atoms with Gasteiger partial charge in [0.15, 0.2) is 0 Å². The Morgan fingerprint density at radius 2 is 1.82 bits per heavy atom. The molecule has 0 rings (SSSR count). The van der Waals surface area contributed by atoms with E-state index in [1.54, 1.807) is 27.7 Å². The van der Waals surface area contributed by atoms with E-state index >= 15 is 0 Å². The van der Waals surface area contributed by atoms with Gasteiger partial charge in [0.1, 0.15) is 5.60 Å². The lowest BCUT2D eigenvalue weighted by Crippen LogP contribution is -2.26. The smallest absolute Gasteiger partial charge is 0.334 e. The topological polar surface area (TPSA) is 52.6 Å². The SMILES string of the molecule is C=C(CC(=O)OC(C)CC)C(=O)OC(C)(C)C. The maximum Gasteiger partial charge on any atom is 0.334 e. The Morgan fingerprint density at radius 3 is 2.24 bits per heavy atom. The fourth-order valence-electron chi connectivity index (χ4n) is 0.946. The van der Waals surface area contributed by atoms with Gasteiger partial charge < -0.3 is 9.47 Å². The molecular weight excluding hydrogens is 220 g/mol. The van der Waals surface area contributed by atoms with E-state index in [4.69, 9.17) is 9.47 Å². The van der Waals surface area contributed by atoms with Crippen LogP contribution >= 0.6 is 0 Å². The normalized spacial score (nSPS) is 12.8. The van der Waals surface area contributed by atoms with Gasteiger partial charge in [-0.3, -0.25) is 4.79 Å². The van der Waals surface area contributed by atoms with Crippen molar-refractivity contribution in [2.45, 2.75) is 59.2 Å². The van der Waals surface area contributed by atoms with Gasteiger partial charge in [-0.25, -0.2) is 4.79 Å². The van der Waals surface area contributed by atoms with E-state index in [-0.39, 0.29) is 18.1 Å². The number of carbonyl (C=O) groups excluding carboxylic acids is 2. The molecule has 0 saturated carbocycles. The molecule has 98 valence electrons. The zero-order valence-electron chi connectivity index (χ0n) is 11.3. The fourth-order valence-corrected chi connectivity index (χ4v) is 0.946. The quantitative estimate of drug-likeness (QED) is 0.549. The van der Waals surface area contributed by atoms with Crippen LogP contribution < -0.4 is 0 Å². The Balaban J connectivity index is 4.18. The van der Waals surface area contributed by atoms with E-state index in [1.807, 2.05) is 6.92 Å². The standard InChI is InChI=1S/C13H22O4/c1-7-10(3)16-11(14)8-9(2)12(15)17-13(4,5)6/h10H,2,7-8H2,1,3-6H3. The molecule has 0 aromatic carbocycles. The molecule has 0 aliphatic carbocycles. The van der Waals surface area contributed by atoms with Crippen LogP contribution in [-0.4, -0.2) is 23.6 Å². The van der Waals surface area contributed by atoms with Crippen LogP contribution in [-0.2, 0) is 19.1 Å². The first-order valence-electron chi connectivity index (χ1n) is 5.76. The van der Waals surface area contributed by atoms with Crippen LogP contribution in [0.25, 0.3) is 0 Å². The van der Waals surface area contributed by atoms with Gasteiger partial charge in [0.25, 0.3) is 0 Å². The third kappa shape index (κ3) is 7.55. The van der Waals surface area contributed by atoms with Gasteiger partial charge in [0.2, 0.25) is 0 Å². The summed E-state index contributed by atoms with van der Waals surface area (Å²) in [6.45, 7) is 12.5. The van der Waals surface area contributed by atoms with Crippen molar-refractivity contribution in [2.24, 2.45) is 0 Å². The molecule has 4 heteroatoms. The summed E-state index contributed by atoms with van der Waals surface area (Å²) in [4.78, 5) is 22.9. The highest BCUT2D eigenvalue weighted by atomic mass is 16.6. The molecule has 0 N–H and O–H groups in total. The Bertz CT molecular complexity index is 299. The van der Waals surface area contributed by atoms with Gasteiger partial charge in [-0.1, -0.05) is 13.5 Å². The van der Waals surface area contributed by atoms with Crippen LogP contribution in [0.15, 0.2) is 12.2 Å². The highest BCUT2D eigenvalue weighted by Gasteiger charge is 2.21. The van der Waals surface area contributed by atoms with Crippen molar-refractivity contribution in [2.75, 3.05) is 0 Å². The van der Waals surface area contributed by atoms with Crippen molar-refractivity contribution in [1.82, 2.24) is 0 Å². The summed E-state index contributed by atoms with van der Waals surface area (Å²) in [6.07, 6.45) is 0.470. The monoisotopic (exact) mass is 242 g/mol. The number of rotatable bonds is 5. The largest absolute Gasteiger partial charge is 0.462 e. The molecule has 4 nitrogen and oxygen atoms in total. The zero-order chi connectivity index (χ0) is 13.6. The van der Waals surface area contributed by atoms with E-state index in [0.29, 0.717) is 0 Å². The van der Waals surface area contributed by atoms with Crippen molar-refractivity contribution < 1.29 is 19.1 Å². The second-order valence-electron chi connectivity index (χ2n) is 4.99. The first kappa shape index (κ1) is 15.7. The van der Waals surface area contributed by atoms with Crippen LogP contribution in [0.3, 0.4) is 0 Å². The average Bonchev–Trinajstić information content (AvgIpc) is 2.14. The minimum atomic E-state index is -0.583. The number of esters is 2. The molecule has 0 saturated heterocycles. The lowest BCUT2D eigenvalue weighted by molar-refractivity contribution is -0.154. The molecule has 0 aromatic rings. The third-order valence-electron chi connectivity index (χ3n) is 1.95. The van der Waals surface area contributed by atoms with E-state index in [1.165, 1.54) is 0 Å². The minimum absolute atomic E-state index is 0.119. The summed E-state index contributed by atoms with van der Waals surface area (Å²) in [6, 6.07) is 0. The molecule has 0 aromatic heterocycles. The number of hydrogen-bond acceptors (Lipinski definition) is 4. The second-order valence-corrected chi connectivity index (χ2v) is 4.99. The number of hydrogen-bond donors (Lipinski definition) is 0. The van der Waals surface area contributed by atoms with Crippen molar-refractivity contribution >= 4 is 11.9 Å². The average molecular weight is 242 g/mol. The predicted molar refractivity (Wildman–Crippen MR) is 65.4 cm³/mol. The molecule has 17 heavy (non-hydrogen) atoms. The van der Waals surface area contributed by atoms with Crippen LogP contribution in [0.1, 0.15) is 47.5 Å². The molecule has 0 aliphatic rings. The highest BCUT2D eigenvalue weighted by molar-refractivity contribution is 5.93. The Morgan fingerprint density at radius 1 is 1.29 bits per heavy atom. The molecule has 0 spiro atoms. The van der Waals surface area contributed by atoms with E-state index in [9.17, 15) is 9.59 Å². The molecule has 0 aliphatic heterocycles. The highest BCUT2D eigenvalue weighted by Crippen LogP contribution is 2.13. The lowest BCUT2D eigenvalue weighted by atomic mass is 10.1. The summed E-state index contributed by atoms with van der Waals surface area (Å²) >= 11 is 0. The minimum Gasteiger partial charge on any atom is -0.462 e. The van der Waals surface area contributed by atoms with Crippen LogP contribution in [0.2, 0.25) is 0 Å². The van der Waals surface area contributed by atoms with Crippen molar-refractivity contribution in [3.05, 3.63) is 12.2 Å². The number of carbonyl (C=O) groups is 2. The summed E-state index contributed by atoms with van der Waals surface area (Å²) in [7, 11) is 0. The maximum atomic E-state index is 11.5. The lowest BCUT2D eigenvalue weighted by Gasteiger charge is -2.20. The van der Waals surface area contributed by atoms with Gasteiger partial charge in [0, 0.05) is 5.57 Å². The Kier molecular flexibility index (Phi) is 5.93. The summed E-state index contributed by atoms with van der Waals surface area (Å²) < 4.78 is 10.1. The predicted octanol–water partition coefficient (Wildman–Crippen LogP) is 2.62. The van der Waals surface area contributed by atoms with E-state index in [0.717, 1.165) is 6.42 Å². The van der Waals surface area contributed by atoms with Gasteiger partial charge in [0.05, 0.1) is 12.5 Å². The molecule has 1 atom stereocenters. The first-order chi connectivity index (χ1) is 7.65. The van der Waals surface area contributed by atoms with Crippen LogP contribution in [0.4, 0.5) is 0 Å². The summed E-state index contributed by atoms with van der Waals surface area (Å²) in [5, 5.41) is 0.